The van der Waals surface area contributed by atoms with Gasteiger partial charge in [-0.1, -0.05) is 72.8 Å². The molecule has 13 rings (SSSR count). The van der Waals surface area contributed by atoms with Crippen molar-refractivity contribution in [3.63, 3.8) is 0 Å². The lowest BCUT2D eigenvalue weighted by Crippen LogP contribution is -2.61. The van der Waals surface area contributed by atoms with E-state index < -0.39 is 0 Å². The predicted molar refractivity (Wildman–Crippen MR) is 262 cm³/mol. The van der Waals surface area contributed by atoms with Crippen LogP contribution in [0.3, 0.4) is 0 Å². The molecule has 12 atom stereocenters. The molecule has 5 heterocycles. The first-order valence-corrected chi connectivity index (χ1v) is 26.6. The van der Waals surface area contributed by atoms with Crippen LogP contribution in [0.2, 0.25) is 0 Å². The number of para-hydroxylation sites is 4. The molecule has 68 heavy (non-hydrogen) atoms. The van der Waals surface area contributed by atoms with Crippen LogP contribution in [0.15, 0.2) is 121 Å². The smallest absolute Gasteiger partial charge is 0.119 e. The van der Waals surface area contributed by atoms with Crippen molar-refractivity contribution in [3.05, 3.63) is 121 Å². The molecule has 0 aromatic heterocycles. The Hall–Kier alpha value is -4.24. The number of nitrogens with one attached hydrogen (secondary N) is 8. The van der Waals surface area contributed by atoms with Crippen LogP contribution in [0.1, 0.15) is 77.0 Å². The van der Waals surface area contributed by atoms with Crippen molar-refractivity contribution in [2.75, 3.05) is 0 Å². The Bertz CT molecular complexity index is 1950. The molecule has 5 saturated heterocycles. The molecule has 0 radical (unpaired) electrons. The van der Waals surface area contributed by atoms with Crippen LogP contribution in [0.5, 0.6) is 23.0 Å². The van der Waals surface area contributed by atoms with Gasteiger partial charge in [-0.25, -0.2) is 0 Å². The fraction of sp³-hybridized carbons (Fsp3) is 0.571. The van der Waals surface area contributed by atoms with Gasteiger partial charge in [-0.2, -0.15) is 0 Å². The summed E-state index contributed by atoms with van der Waals surface area (Å²) < 4.78 is 27.0. The molecule has 8 N–H and O–H groups in total. The Morgan fingerprint density at radius 1 is 0.235 bits per heavy atom. The summed E-state index contributed by atoms with van der Waals surface area (Å²) in [5, 5.41) is 34.4. The summed E-state index contributed by atoms with van der Waals surface area (Å²) in [5.41, 5.74) is 0. The largest absolute Gasteiger partial charge is 0.490 e. The van der Waals surface area contributed by atoms with E-state index in [4.69, 9.17) is 18.9 Å². The lowest BCUT2D eigenvalue weighted by atomic mass is 9.75. The summed E-state index contributed by atoms with van der Waals surface area (Å²) in [5.74, 6) is 7.41. The SMILES string of the molecule is c1ccc(OC2CCC3C4NC(NC5NC(NC6NC(NC7NC(N4)C4CC(Oc8ccccc8)CCC74)C4CC(Oc7ccccc7)CCC64)C4CC(Oc6ccccc6)CCC54)C3C2)cc1. The molecule has 12 nitrogen and oxygen atoms in total. The minimum Gasteiger partial charge on any atom is -0.490 e. The third-order valence-electron chi connectivity index (χ3n) is 18.1. The summed E-state index contributed by atoms with van der Waals surface area (Å²) >= 11 is 0. The van der Waals surface area contributed by atoms with Gasteiger partial charge in [-0.15, -0.1) is 0 Å². The highest BCUT2D eigenvalue weighted by molar-refractivity contribution is 5.25. The molecule has 12 unspecified atom stereocenters. The van der Waals surface area contributed by atoms with Gasteiger partial charge in [0, 0.05) is 0 Å². The van der Waals surface area contributed by atoms with E-state index in [1.165, 1.54) is 0 Å². The van der Waals surface area contributed by atoms with Gasteiger partial charge in [-0.3, -0.25) is 42.5 Å². The van der Waals surface area contributed by atoms with Crippen molar-refractivity contribution in [1.29, 1.82) is 0 Å². The Morgan fingerprint density at radius 3 is 0.632 bits per heavy atom. The van der Waals surface area contributed by atoms with Gasteiger partial charge >= 0.3 is 0 Å². The average molecular weight is 921 g/mol. The van der Waals surface area contributed by atoms with Crippen LogP contribution >= 0.6 is 0 Å². The highest BCUT2D eigenvalue weighted by atomic mass is 16.5. The van der Waals surface area contributed by atoms with Gasteiger partial charge in [0.2, 0.25) is 0 Å². The Kier molecular flexibility index (Phi) is 12.3. The lowest BCUT2D eigenvalue weighted by Gasteiger charge is -2.39. The number of rotatable bonds is 8. The number of ether oxygens (including phenoxy) is 4. The van der Waals surface area contributed by atoms with E-state index in [1.54, 1.807) is 0 Å². The van der Waals surface area contributed by atoms with Crippen LogP contribution in [0.25, 0.3) is 0 Å². The van der Waals surface area contributed by atoms with Gasteiger partial charge in [0.05, 0.1) is 73.7 Å². The summed E-state index contributed by atoms with van der Waals surface area (Å²) in [7, 11) is 0. The van der Waals surface area contributed by atoms with E-state index >= 15 is 0 Å². The van der Waals surface area contributed by atoms with Crippen molar-refractivity contribution < 1.29 is 18.9 Å². The second-order valence-electron chi connectivity index (χ2n) is 21.9. The molecule has 4 aliphatic carbocycles. The third-order valence-corrected chi connectivity index (χ3v) is 18.1. The normalized spacial score (nSPS) is 42.7. The zero-order chi connectivity index (χ0) is 45.0. The molecule has 4 aromatic rings. The Labute approximate surface area is 402 Å². The van der Waals surface area contributed by atoms with E-state index in [0.29, 0.717) is 47.3 Å². The lowest BCUT2D eigenvalue weighted by molar-refractivity contribution is 0.0625. The molecule has 9 fully saturated rings. The Balaban J connectivity index is 0.819. The molecule has 12 heteroatoms. The molecule has 8 bridgehead atoms. The predicted octanol–water partition coefficient (Wildman–Crippen LogP) is 6.84. The molecule has 0 amide bonds. The first-order chi connectivity index (χ1) is 33.6. The van der Waals surface area contributed by atoms with Crippen LogP contribution in [-0.4, -0.2) is 73.7 Å². The van der Waals surface area contributed by atoms with Crippen LogP contribution in [0.4, 0.5) is 0 Å². The zero-order valence-electron chi connectivity index (χ0n) is 39.2. The quantitative estimate of drug-likeness (QED) is 0.0943. The fourth-order valence-corrected chi connectivity index (χ4v) is 15.0. The molecule has 5 aliphatic heterocycles. The second kappa shape index (κ2) is 19.2. The summed E-state index contributed by atoms with van der Waals surface area (Å²) in [6.45, 7) is 0. The molecular weight excluding hydrogens is 849 g/mol. The van der Waals surface area contributed by atoms with Gasteiger partial charge < -0.3 is 18.9 Å². The van der Waals surface area contributed by atoms with Crippen LogP contribution in [0, 0.1) is 47.3 Å². The molecular formula is C56H72N8O4. The van der Waals surface area contributed by atoms with Crippen molar-refractivity contribution >= 4 is 0 Å². The van der Waals surface area contributed by atoms with Crippen molar-refractivity contribution in [1.82, 2.24) is 42.5 Å². The van der Waals surface area contributed by atoms with E-state index in [9.17, 15) is 0 Å². The zero-order valence-corrected chi connectivity index (χ0v) is 39.2. The van der Waals surface area contributed by atoms with Gasteiger partial charge in [0.15, 0.2) is 0 Å². The van der Waals surface area contributed by atoms with E-state index in [0.717, 1.165) is 100 Å². The standard InChI is InChI=1S/C56H72N8O4/c1-5-13-33(14-6-1)65-37-21-25-41-45(29-37)53-57-49(41)62-54-47-31-39(67-35-17-9-3-10-18-35)23-27-43(47)51(59-54)64-56-48-32-40(68-36-19-11-4-12-20-36)24-28-44(48)52(60-56)63-55-46-30-38(66-34-15-7-2-8-16-34)22-26-42(46)50(58-55)61-53/h1-20,37-64H,21-32H2. The van der Waals surface area contributed by atoms with E-state index in [2.05, 4.69) is 164 Å². The maximum Gasteiger partial charge on any atom is 0.119 e. The maximum atomic E-state index is 6.76. The minimum atomic E-state index is 0.132. The highest BCUT2D eigenvalue weighted by Gasteiger charge is 2.56. The topological polar surface area (TPSA) is 133 Å². The van der Waals surface area contributed by atoms with E-state index in [1.807, 2.05) is 0 Å². The van der Waals surface area contributed by atoms with Gasteiger partial charge in [0.1, 0.15) is 23.0 Å². The number of fused-ring (bicyclic) bond motifs is 20. The van der Waals surface area contributed by atoms with Crippen molar-refractivity contribution in [2.45, 2.75) is 151 Å². The van der Waals surface area contributed by atoms with Gasteiger partial charge in [0.25, 0.3) is 0 Å². The molecule has 9 aliphatic rings. The summed E-state index contributed by atoms with van der Waals surface area (Å²) in [6.07, 6.45) is 14.6. The third kappa shape index (κ3) is 8.93. The number of benzene rings is 4. The maximum absolute atomic E-state index is 6.76. The molecule has 4 saturated carbocycles. The van der Waals surface area contributed by atoms with Crippen LogP contribution < -0.4 is 61.5 Å². The van der Waals surface area contributed by atoms with Crippen molar-refractivity contribution in [3.8, 4) is 23.0 Å². The molecule has 0 spiro atoms. The minimum absolute atomic E-state index is 0.132. The molecule has 360 valence electrons. The monoisotopic (exact) mass is 921 g/mol. The number of hydrogen-bond donors (Lipinski definition) is 8. The summed E-state index contributed by atoms with van der Waals surface area (Å²) in [4.78, 5) is 0. The summed E-state index contributed by atoms with van der Waals surface area (Å²) in [6, 6.07) is 41.9. The highest BCUT2D eigenvalue weighted by Crippen LogP contribution is 2.47. The second-order valence-corrected chi connectivity index (χ2v) is 21.9. The average Bonchev–Trinajstić information content (AvgIpc) is 4.10. The first kappa shape index (κ1) is 43.8. The van der Waals surface area contributed by atoms with E-state index in [-0.39, 0.29) is 73.7 Å². The number of hydrogen-bond acceptors (Lipinski definition) is 12. The first-order valence-electron chi connectivity index (χ1n) is 26.6. The van der Waals surface area contributed by atoms with Crippen LogP contribution in [-0.2, 0) is 0 Å². The van der Waals surface area contributed by atoms with Gasteiger partial charge in [-0.05, 0) is 173 Å². The van der Waals surface area contributed by atoms with Crippen molar-refractivity contribution in [2.24, 2.45) is 47.3 Å². The molecule has 4 aromatic carbocycles. The fourth-order valence-electron chi connectivity index (χ4n) is 15.0. The Morgan fingerprint density at radius 2 is 0.426 bits per heavy atom.